The van der Waals surface area contributed by atoms with E-state index in [0.717, 1.165) is 44.9 Å². The van der Waals surface area contributed by atoms with Gasteiger partial charge in [-0.2, -0.15) is 8.42 Å². The van der Waals surface area contributed by atoms with Crippen molar-refractivity contribution in [2.24, 2.45) is 0 Å². The summed E-state index contributed by atoms with van der Waals surface area (Å²) in [6, 6.07) is -1.25. The molecule has 0 saturated carbocycles. The molecule has 0 aliphatic carbocycles. The first-order valence-corrected chi connectivity index (χ1v) is 18.9. The molecule has 0 aromatic carbocycles. The van der Waals surface area contributed by atoms with Crippen molar-refractivity contribution in [3.8, 4) is 0 Å². The lowest BCUT2D eigenvalue weighted by molar-refractivity contribution is -0.130. The van der Waals surface area contributed by atoms with E-state index in [-0.39, 0.29) is 6.42 Å². The summed E-state index contributed by atoms with van der Waals surface area (Å²) in [6.45, 7) is 4.44. The molecular formula is C35H65NO6S. The summed E-state index contributed by atoms with van der Waals surface area (Å²) in [4.78, 5) is 12.5. The van der Waals surface area contributed by atoms with Gasteiger partial charge in [-0.05, 0) is 44.9 Å². The Balaban J connectivity index is 4.24. The highest BCUT2D eigenvalue weighted by Gasteiger charge is 2.27. The molecule has 43 heavy (non-hydrogen) atoms. The molecule has 0 aromatic rings. The van der Waals surface area contributed by atoms with Crippen LogP contribution in [0, 0.1) is 0 Å². The van der Waals surface area contributed by atoms with E-state index in [4.69, 9.17) is 0 Å². The molecule has 0 aromatic heterocycles. The Kier molecular flexibility index (Phi) is 28.2. The lowest BCUT2D eigenvalue weighted by atomic mass is 10.0. The molecule has 0 bridgehead atoms. The van der Waals surface area contributed by atoms with Crippen LogP contribution in [0.4, 0.5) is 0 Å². The van der Waals surface area contributed by atoms with E-state index in [1.807, 2.05) is 0 Å². The second-order valence-corrected chi connectivity index (χ2v) is 13.4. The molecule has 0 aliphatic rings. The standard InChI is InChI=1S/C35H65NO6S/c1-3-5-7-9-11-13-14-15-16-17-18-19-20-22-23-25-27-29-33(37)32(31-43(40,41)42)36-35(39)34(38)30-28-26-24-21-12-10-8-6-4-2/h16-17,20,22,27,29,32-34,37-38H,3-15,18-19,21,23-26,28,30-31H2,1-2H3,(H,36,39)(H,40,41,42)/b17-16+,22-20+,29-27+. The maximum atomic E-state index is 12.5. The molecular weight excluding hydrogens is 562 g/mol. The van der Waals surface area contributed by atoms with Gasteiger partial charge < -0.3 is 15.5 Å². The van der Waals surface area contributed by atoms with E-state index in [0.29, 0.717) is 12.8 Å². The largest absolute Gasteiger partial charge is 0.387 e. The number of allylic oxidation sites excluding steroid dienone is 5. The third-order valence-electron chi connectivity index (χ3n) is 7.65. The third-order valence-corrected chi connectivity index (χ3v) is 8.44. The molecule has 1 amide bonds. The zero-order valence-electron chi connectivity index (χ0n) is 27.4. The van der Waals surface area contributed by atoms with Crippen molar-refractivity contribution in [3.63, 3.8) is 0 Å². The summed E-state index contributed by atoms with van der Waals surface area (Å²) in [5.41, 5.74) is 0. The normalized spacial score (nSPS) is 14.6. The highest BCUT2D eigenvalue weighted by molar-refractivity contribution is 7.85. The van der Waals surface area contributed by atoms with Gasteiger partial charge in [-0.15, -0.1) is 0 Å². The van der Waals surface area contributed by atoms with Crippen LogP contribution in [0.3, 0.4) is 0 Å². The molecule has 0 rings (SSSR count). The molecule has 0 radical (unpaired) electrons. The van der Waals surface area contributed by atoms with Gasteiger partial charge >= 0.3 is 0 Å². The highest BCUT2D eigenvalue weighted by Crippen LogP contribution is 2.12. The molecule has 0 saturated heterocycles. The predicted molar refractivity (Wildman–Crippen MR) is 181 cm³/mol. The number of hydrogen-bond acceptors (Lipinski definition) is 5. The molecule has 0 heterocycles. The minimum Gasteiger partial charge on any atom is -0.387 e. The fourth-order valence-electron chi connectivity index (χ4n) is 4.96. The molecule has 3 unspecified atom stereocenters. The summed E-state index contributed by atoms with van der Waals surface area (Å²) < 4.78 is 32.3. The molecule has 0 spiro atoms. The summed E-state index contributed by atoms with van der Waals surface area (Å²) >= 11 is 0. The van der Waals surface area contributed by atoms with Gasteiger partial charge in [0.05, 0.1) is 17.9 Å². The topological polar surface area (TPSA) is 124 Å². The fraction of sp³-hybridized carbons (Fsp3) is 0.800. The van der Waals surface area contributed by atoms with E-state index >= 15 is 0 Å². The number of aliphatic hydroxyl groups excluding tert-OH is 2. The predicted octanol–water partition coefficient (Wildman–Crippen LogP) is 8.37. The molecule has 8 heteroatoms. The quantitative estimate of drug-likeness (QED) is 0.0360. The van der Waals surface area contributed by atoms with Crippen molar-refractivity contribution in [3.05, 3.63) is 36.5 Å². The van der Waals surface area contributed by atoms with Gasteiger partial charge in [0.15, 0.2) is 0 Å². The Morgan fingerprint density at radius 1 is 0.628 bits per heavy atom. The van der Waals surface area contributed by atoms with E-state index in [1.54, 1.807) is 6.08 Å². The van der Waals surface area contributed by atoms with Gasteiger partial charge in [0.1, 0.15) is 6.10 Å². The van der Waals surface area contributed by atoms with E-state index in [9.17, 15) is 28.0 Å². The van der Waals surface area contributed by atoms with Gasteiger partial charge in [0.2, 0.25) is 5.91 Å². The first-order valence-electron chi connectivity index (χ1n) is 17.3. The van der Waals surface area contributed by atoms with Gasteiger partial charge in [-0.25, -0.2) is 0 Å². The Hall–Kier alpha value is -1.48. The molecule has 4 N–H and O–H groups in total. The van der Waals surface area contributed by atoms with Crippen LogP contribution in [0.15, 0.2) is 36.5 Å². The number of hydrogen-bond donors (Lipinski definition) is 4. The van der Waals surface area contributed by atoms with Gasteiger partial charge in [0, 0.05) is 0 Å². The zero-order chi connectivity index (χ0) is 32.0. The maximum Gasteiger partial charge on any atom is 0.267 e. The lowest BCUT2D eigenvalue weighted by Crippen LogP contribution is -2.50. The number of rotatable bonds is 30. The monoisotopic (exact) mass is 627 g/mol. The minimum atomic E-state index is -4.44. The average Bonchev–Trinajstić information content (AvgIpc) is 2.96. The lowest BCUT2D eigenvalue weighted by Gasteiger charge is -2.22. The van der Waals surface area contributed by atoms with Crippen LogP contribution in [0.2, 0.25) is 0 Å². The first-order chi connectivity index (χ1) is 20.7. The second kappa shape index (κ2) is 29.2. The number of unbranched alkanes of at least 4 members (excludes halogenated alkanes) is 17. The van der Waals surface area contributed by atoms with Crippen molar-refractivity contribution in [1.82, 2.24) is 5.32 Å². The van der Waals surface area contributed by atoms with Crippen LogP contribution >= 0.6 is 0 Å². The molecule has 7 nitrogen and oxygen atoms in total. The van der Waals surface area contributed by atoms with Crippen molar-refractivity contribution >= 4 is 16.0 Å². The minimum absolute atomic E-state index is 0.271. The Morgan fingerprint density at radius 3 is 1.53 bits per heavy atom. The highest BCUT2D eigenvalue weighted by atomic mass is 32.2. The van der Waals surface area contributed by atoms with Crippen LogP contribution in [-0.4, -0.2) is 53.1 Å². The number of amides is 1. The molecule has 3 atom stereocenters. The van der Waals surface area contributed by atoms with Crippen molar-refractivity contribution in [1.29, 1.82) is 0 Å². The Morgan fingerprint density at radius 2 is 1.05 bits per heavy atom. The zero-order valence-corrected chi connectivity index (χ0v) is 28.3. The SMILES string of the molecule is CCCCCCCCC/C=C/CC/C=C/CC/C=C/C(O)C(CS(=O)(=O)O)NC(=O)C(O)CCCCCCCCCCC. The summed E-state index contributed by atoms with van der Waals surface area (Å²) in [5.74, 6) is -1.57. The van der Waals surface area contributed by atoms with E-state index in [2.05, 4.69) is 43.5 Å². The van der Waals surface area contributed by atoms with Crippen LogP contribution < -0.4 is 5.32 Å². The Bertz CT molecular complexity index is 839. The fourth-order valence-corrected chi connectivity index (χ4v) is 5.69. The first kappa shape index (κ1) is 41.5. The van der Waals surface area contributed by atoms with Gasteiger partial charge in [-0.3, -0.25) is 9.35 Å². The van der Waals surface area contributed by atoms with Crippen LogP contribution in [-0.2, 0) is 14.9 Å². The Labute approximate surface area is 264 Å². The number of aliphatic hydroxyl groups is 2. The smallest absolute Gasteiger partial charge is 0.267 e. The van der Waals surface area contributed by atoms with Gasteiger partial charge in [-0.1, -0.05) is 147 Å². The average molecular weight is 628 g/mol. The second-order valence-electron chi connectivity index (χ2n) is 11.9. The van der Waals surface area contributed by atoms with Crippen molar-refractivity contribution in [2.45, 2.75) is 173 Å². The number of carbonyl (C=O) groups excluding carboxylic acids is 1. The number of carbonyl (C=O) groups is 1. The summed E-state index contributed by atoms with van der Waals surface area (Å²) in [7, 11) is -4.44. The van der Waals surface area contributed by atoms with Crippen LogP contribution in [0.5, 0.6) is 0 Å². The van der Waals surface area contributed by atoms with Crippen LogP contribution in [0.25, 0.3) is 0 Å². The van der Waals surface area contributed by atoms with Crippen LogP contribution in [0.1, 0.15) is 155 Å². The molecule has 0 aliphatic heterocycles. The summed E-state index contributed by atoms with van der Waals surface area (Å²) in [6.07, 6.45) is 33.5. The third kappa shape index (κ3) is 29.0. The summed E-state index contributed by atoms with van der Waals surface area (Å²) in [5, 5.41) is 23.1. The van der Waals surface area contributed by atoms with E-state index in [1.165, 1.54) is 83.1 Å². The van der Waals surface area contributed by atoms with Crippen molar-refractivity contribution < 1.29 is 28.0 Å². The van der Waals surface area contributed by atoms with Gasteiger partial charge in [0.25, 0.3) is 10.1 Å². The maximum absolute atomic E-state index is 12.5. The van der Waals surface area contributed by atoms with Crippen molar-refractivity contribution in [2.75, 3.05) is 5.75 Å². The number of nitrogens with one attached hydrogen (secondary N) is 1. The molecule has 0 fully saturated rings. The molecule has 252 valence electrons. The van der Waals surface area contributed by atoms with E-state index < -0.39 is 40.0 Å².